The monoisotopic (exact) mass is 385 g/mol. The minimum Gasteiger partial charge on any atom is -0.492 e. The van der Waals surface area contributed by atoms with Crippen molar-refractivity contribution in [2.75, 3.05) is 39.5 Å². The number of amides is 1. The molecule has 0 saturated carbocycles. The molecule has 1 aromatic heterocycles. The normalized spacial score (nSPS) is 15.4. The van der Waals surface area contributed by atoms with Crippen molar-refractivity contribution in [2.24, 2.45) is 5.10 Å². The molecule has 0 spiro atoms. The van der Waals surface area contributed by atoms with E-state index in [0.717, 1.165) is 49.9 Å². The first-order valence-corrected chi connectivity index (χ1v) is 9.61. The second kappa shape index (κ2) is 10.1. The Morgan fingerprint density at radius 3 is 2.61 bits per heavy atom. The maximum Gasteiger partial charge on any atom is 0.274 e. The highest BCUT2D eigenvalue weighted by Crippen LogP contribution is 2.14. The van der Waals surface area contributed by atoms with Crippen LogP contribution in [0.5, 0.6) is 5.75 Å². The molecule has 0 unspecified atom stereocenters. The van der Waals surface area contributed by atoms with Gasteiger partial charge in [0.25, 0.3) is 5.91 Å². The topological polar surface area (TPSA) is 76.3 Å². The van der Waals surface area contributed by atoms with E-state index < -0.39 is 0 Å². The van der Waals surface area contributed by atoms with Crippen LogP contribution in [0.4, 0.5) is 0 Å². The lowest BCUT2D eigenvalue weighted by molar-refractivity contribution is 0.0322. The summed E-state index contributed by atoms with van der Waals surface area (Å²) in [5, 5.41) is 4.28. The Hall–Kier alpha value is -2.64. The van der Waals surface area contributed by atoms with Crippen LogP contribution in [0.25, 0.3) is 0 Å². The van der Waals surface area contributed by atoms with E-state index in [1.807, 2.05) is 31.2 Å². The van der Waals surface area contributed by atoms with Crippen LogP contribution in [0.15, 0.2) is 46.1 Å². The lowest BCUT2D eigenvalue weighted by Gasteiger charge is -2.26. The third kappa shape index (κ3) is 5.43. The van der Waals surface area contributed by atoms with Crippen LogP contribution in [0.2, 0.25) is 0 Å². The fourth-order valence-electron chi connectivity index (χ4n) is 3.01. The fraction of sp³-hybridized carbons (Fsp3) is 0.429. The molecule has 1 aliphatic heterocycles. The number of benzene rings is 1. The molecule has 1 N–H and O–H groups in total. The third-order valence-corrected chi connectivity index (χ3v) is 4.70. The molecule has 1 amide bonds. The third-order valence-electron chi connectivity index (χ3n) is 4.70. The lowest BCUT2D eigenvalue weighted by atomic mass is 10.1. The van der Waals surface area contributed by atoms with Crippen molar-refractivity contribution in [3.05, 3.63) is 53.5 Å². The van der Waals surface area contributed by atoms with E-state index in [1.54, 1.807) is 13.0 Å². The van der Waals surface area contributed by atoms with Crippen LogP contribution in [0.1, 0.15) is 35.0 Å². The number of hydrazone groups is 1. The predicted octanol–water partition coefficient (Wildman–Crippen LogP) is 2.84. The predicted molar refractivity (Wildman–Crippen MR) is 107 cm³/mol. The van der Waals surface area contributed by atoms with Crippen molar-refractivity contribution in [2.45, 2.75) is 20.3 Å². The van der Waals surface area contributed by atoms with Gasteiger partial charge in [-0.15, -0.1) is 0 Å². The van der Waals surface area contributed by atoms with E-state index in [0.29, 0.717) is 24.4 Å². The summed E-state index contributed by atoms with van der Waals surface area (Å²) in [6.07, 6.45) is 2.19. The number of hydrogen-bond acceptors (Lipinski definition) is 6. The van der Waals surface area contributed by atoms with Crippen molar-refractivity contribution in [3.63, 3.8) is 0 Å². The van der Waals surface area contributed by atoms with Crippen LogP contribution in [-0.4, -0.2) is 56.0 Å². The van der Waals surface area contributed by atoms with Gasteiger partial charge in [-0.3, -0.25) is 9.69 Å². The molecule has 3 rings (SSSR count). The number of nitrogens with zero attached hydrogens (tertiary/aromatic N) is 2. The molecule has 2 aromatic rings. The second-order valence-corrected chi connectivity index (χ2v) is 6.57. The minimum absolute atomic E-state index is 0.278. The van der Waals surface area contributed by atoms with Gasteiger partial charge in [0.2, 0.25) is 0 Å². The lowest BCUT2D eigenvalue weighted by Crippen LogP contribution is -2.38. The number of carbonyl (C=O) groups is 1. The van der Waals surface area contributed by atoms with Crippen LogP contribution in [0, 0.1) is 6.92 Å². The van der Waals surface area contributed by atoms with E-state index in [1.165, 1.54) is 6.26 Å². The fourth-order valence-corrected chi connectivity index (χ4v) is 3.01. The first-order chi connectivity index (χ1) is 13.7. The summed E-state index contributed by atoms with van der Waals surface area (Å²) in [7, 11) is 0. The highest BCUT2D eigenvalue weighted by atomic mass is 16.5. The number of hydrogen-bond donors (Lipinski definition) is 1. The zero-order valence-corrected chi connectivity index (χ0v) is 16.4. The van der Waals surface area contributed by atoms with Crippen molar-refractivity contribution >= 4 is 11.6 Å². The Morgan fingerprint density at radius 1 is 1.21 bits per heavy atom. The molecule has 1 aromatic carbocycles. The molecule has 2 heterocycles. The molecule has 0 bridgehead atoms. The summed E-state index contributed by atoms with van der Waals surface area (Å²) in [4.78, 5) is 14.5. The first-order valence-electron chi connectivity index (χ1n) is 9.61. The van der Waals surface area contributed by atoms with Crippen molar-refractivity contribution < 1.29 is 18.7 Å². The number of aryl methyl sites for hydroxylation is 1. The molecule has 1 fully saturated rings. The van der Waals surface area contributed by atoms with Crippen molar-refractivity contribution in [3.8, 4) is 5.75 Å². The van der Waals surface area contributed by atoms with Gasteiger partial charge in [0.15, 0.2) is 0 Å². The largest absolute Gasteiger partial charge is 0.492 e. The van der Waals surface area contributed by atoms with Gasteiger partial charge in [0, 0.05) is 19.6 Å². The number of rotatable bonds is 8. The Labute approximate surface area is 165 Å². The quantitative estimate of drug-likeness (QED) is 0.559. The molecule has 0 aliphatic carbocycles. The molecule has 1 aliphatic rings. The summed E-state index contributed by atoms with van der Waals surface area (Å²) in [5.41, 5.74) is 4.84. The molecule has 28 heavy (non-hydrogen) atoms. The van der Waals surface area contributed by atoms with Crippen molar-refractivity contribution in [1.82, 2.24) is 10.3 Å². The van der Waals surface area contributed by atoms with E-state index in [2.05, 4.69) is 15.4 Å². The van der Waals surface area contributed by atoms with Gasteiger partial charge in [-0.25, -0.2) is 5.43 Å². The zero-order chi connectivity index (χ0) is 19.8. The molecule has 7 nitrogen and oxygen atoms in total. The average Bonchev–Trinajstić information content (AvgIpc) is 3.16. The number of morpholine rings is 1. The summed E-state index contributed by atoms with van der Waals surface area (Å²) in [5.74, 6) is 1.12. The maximum absolute atomic E-state index is 12.2. The molecular formula is C21H27N3O4. The van der Waals surface area contributed by atoms with E-state index >= 15 is 0 Å². The van der Waals surface area contributed by atoms with Gasteiger partial charge in [-0.2, -0.15) is 5.10 Å². The van der Waals surface area contributed by atoms with Gasteiger partial charge in [-0.1, -0.05) is 6.92 Å². The number of ether oxygens (including phenoxy) is 2. The summed E-state index contributed by atoms with van der Waals surface area (Å²) in [6.45, 7) is 8.80. The van der Waals surface area contributed by atoms with Gasteiger partial charge in [0.05, 0.1) is 30.8 Å². The molecule has 1 saturated heterocycles. The minimum atomic E-state index is -0.278. The SMILES string of the molecule is CC/C(=N\NC(=O)c1ccoc1C)c1ccc(OCCN2CCOCC2)cc1. The van der Waals surface area contributed by atoms with Crippen LogP contribution < -0.4 is 10.2 Å². The van der Waals surface area contributed by atoms with Gasteiger partial charge in [0.1, 0.15) is 18.1 Å². The molecule has 7 heteroatoms. The Morgan fingerprint density at radius 2 is 1.96 bits per heavy atom. The Kier molecular flexibility index (Phi) is 7.22. The van der Waals surface area contributed by atoms with Crippen LogP contribution >= 0.6 is 0 Å². The second-order valence-electron chi connectivity index (χ2n) is 6.57. The van der Waals surface area contributed by atoms with Gasteiger partial charge in [-0.05, 0) is 49.2 Å². The molecule has 150 valence electrons. The average molecular weight is 385 g/mol. The van der Waals surface area contributed by atoms with Crippen LogP contribution in [0.3, 0.4) is 0 Å². The molecular weight excluding hydrogens is 358 g/mol. The van der Waals surface area contributed by atoms with E-state index in [9.17, 15) is 4.79 Å². The molecule has 0 radical (unpaired) electrons. The van der Waals surface area contributed by atoms with Crippen LogP contribution in [-0.2, 0) is 4.74 Å². The number of nitrogens with one attached hydrogen (secondary N) is 1. The maximum atomic E-state index is 12.2. The van der Waals surface area contributed by atoms with Gasteiger partial charge < -0.3 is 13.9 Å². The number of furan rings is 1. The Balaban J connectivity index is 1.53. The van der Waals surface area contributed by atoms with Gasteiger partial charge >= 0.3 is 0 Å². The summed E-state index contributed by atoms with van der Waals surface area (Å²) < 4.78 is 16.3. The molecule has 0 atom stereocenters. The smallest absolute Gasteiger partial charge is 0.274 e. The standard InChI is InChI=1S/C21H27N3O4/c1-3-20(22-23-21(25)19-8-12-27-16(19)2)17-4-6-18(7-5-17)28-15-11-24-9-13-26-14-10-24/h4-8,12H,3,9-11,13-15H2,1-2H3,(H,23,25)/b22-20+. The van der Waals surface area contributed by atoms with Crippen molar-refractivity contribution in [1.29, 1.82) is 0 Å². The first kappa shape index (κ1) is 20.1. The summed E-state index contributed by atoms with van der Waals surface area (Å²) >= 11 is 0. The van der Waals surface area contributed by atoms with E-state index in [-0.39, 0.29) is 5.91 Å². The number of carbonyl (C=O) groups excluding carboxylic acids is 1. The summed E-state index contributed by atoms with van der Waals surface area (Å²) in [6, 6.07) is 9.42. The highest BCUT2D eigenvalue weighted by molar-refractivity contribution is 6.02. The van der Waals surface area contributed by atoms with E-state index in [4.69, 9.17) is 13.9 Å². The Bertz CT molecular complexity index is 792. The zero-order valence-electron chi connectivity index (χ0n) is 16.4. The highest BCUT2D eigenvalue weighted by Gasteiger charge is 2.12.